The predicted octanol–water partition coefficient (Wildman–Crippen LogP) is 3.15. The minimum atomic E-state index is -4.68. The topological polar surface area (TPSA) is 82.2 Å². The third kappa shape index (κ3) is 3.37. The normalized spacial score (nSPS) is 23.8. The van der Waals surface area contributed by atoms with E-state index in [0.717, 1.165) is 12.5 Å². The van der Waals surface area contributed by atoms with Crippen LogP contribution in [0.3, 0.4) is 0 Å². The lowest BCUT2D eigenvalue weighted by molar-refractivity contribution is -0.136. The van der Waals surface area contributed by atoms with E-state index >= 15 is 0 Å². The second-order valence-corrected chi connectivity index (χ2v) is 6.53. The van der Waals surface area contributed by atoms with Crippen LogP contribution < -0.4 is 10.9 Å². The van der Waals surface area contributed by atoms with Crippen molar-refractivity contribution in [1.82, 2.24) is 10.3 Å². The number of hydrogen-bond donors (Lipinski definition) is 3. The first kappa shape index (κ1) is 18.2. The van der Waals surface area contributed by atoms with Crippen LogP contribution in [0.15, 0.2) is 41.2 Å². The number of carboxylic acids is 1. The quantitative estimate of drug-likeness (QED) is 0.729. The smallest absolute Gasteiger partial charge is 0.417 e. The molecular formula is C18H17F3N2O3. The second kappa shape index (κ2) is 6.28. The molecule has 1 aromatic heterocycles. The van der Waals surface area contributed by atoms with Crippen LogP contribution in [-0.2, 0) is 16.5 Å². The van der Waals surface area contributed by atoms with Crippen LogP contribution >= 0.6 is 0 Å². The van der Waals surface area contributed by atoms with Gasteiger partial charge < -0.3 is 15.4 Å². The molecule has 1 saturated heterocycles. The molecule has 1 aliphatic rings. The lowest BCUT2D eigenvalue weighted by Crippen LogP contribution is -2.38. The zero-order chi connectivity index (χ0) is 19.1. The minimum Gasteiger partial charge on any atom is -0.478 e. The Morgan fingerprint density at radius 3 is 2.65 bits per heavy atom. The molecule has 1 aromatic carbocycles. The van der Waals surface area contributed by atoms with Gasteiger partial charge in [0.25, 0.3) is 0 Å². The largest absolute Gasteiger partial charge is 0.478 e. The molecule has 2 aromatic rings. The van der Waals surface area contributed by atoms with Gasteiger partial charge >= 0.3 is 12.1 Å². The standard InChI is InChI=1S/C18H17F3N2O3/c1-10-4-6-17(23-10,7-5-16(25)26)11-2-3-14-12(8-11)13(18(19,20)21)9-15(24)22-14/h2-3,5,7-10,23H,4,6H2,1H3,(H,22,24)(H,25,26)/b7-5+/t10-,17-/m1/s1. The van der Waals surface area contributed by atoms with Gasteiger partial charge in [-0.25, -0.2) is 4.79 Å². The van der Waals surface area contributed by atoms with Crippen molar-refractivity contribution in [1.29, 1.82) is 0 Å². The monoisotopic (exact) mass is 366 g/mol. The molecule has 5 nitrogen and oxygen atoms in total. The summed E-state index contributed by atoms with van der Waals surface area (Å²) in [4.78, 5) is 24.9. The molecule has 3 rings (SSSR count). The van der Waals surface area contributed by atoms with Crippen LogP contribution in [0.5, 0.6) is 0 Å². The van der Waals surface area contributed by atoms with Gasteiger partial charge in [-0.05, 0) is 37.5 Å². The van der Waals surface area contributed by atoms with Crippen molar-refractivity contribution in [2.75, 3.05) is 0 Å². The number of aromatic nitrogens is 1. The fraction of sp³-hybridized carbons (Fsp3) is 0.333. The second-order valence-electron chi connectivity index (χ2n) is 6.53. The number of benzene rings is 1. The maximum absolute atomic E-state index is 13.4. The number of carbonyl (C=O) groups is 1. The number of rotatable bonds is 3. The molecule has 8 heteroatoms. The van der Waals surface area contributed by atoms with E-state index in [9.17, 15) is 22.8 Å². The van der Waals surface area contributed by atoms with E-state index < -0.39 is 28.8 Å². The van der Waals surface area contributed by atoms with E-state index in [-0.39, 0.29) is 16.9 Å². The molecule has 2 atom stereocenters. The number of nitrogens with one attached hydrogen (secondary N) is 2. The summed E-state index contributed by atoms with van der Waals surface area (Å²) in [6, 6.07) is 5.02. The van der Waals surface area contributed by atoms with E-state index in [2.05, 4.69) is 10.3 Å². The predicted molar refractivity (Wildman–Crippen MR) is 89.9 cm³/mol. The first-order valence-corrected chi connectivity index (χ1v) is 8.05. The summed E-state index contributed by atoms with van der Waals surface area (Å²) in [5.41, 5.74) is -2.11. The van der Waals surface area contributed by atoms with Crippen molar-refractivity contribution in [3.8, 4) is 0 Å². The van der Waals surface area contributed by atoms with Gasteiger partial charge in [0.1, 0.15) is 0 Å². The molecule has 1 aliphatic heterocycles. The number of fused-ring (bicyclic) bond motifs is 1. The number of carboxylic acid groups (broad SMARTS) is 1. The van der Waals surface area contributed by atoms with E-state index in [0.29, 0.717) is 18.1 Å². The molecule has 0 amide bonds. The Hall–Kier alpha value is -2.61. The third-order valence-electron chi connectivity index (χ3n) is 4.65. The van der Waals surface area contributed by atoms with Gasteiger partial charge in [-0.1, -0.05) is 12.1 Å². The SMILES string of the molecule is C[C@@H]1CC[C@@](/C=C/C(=O)O)(c2ccc3[nH]c(=O)cc(C(F)(F)F)c3c2)N1. The van der Waals surface area contributed by atoms with E-state index in [4.69, 9.17) is 5.11 Å². The summed E-state index contributed by atoms with van der Waals surface area (Å²) in [6.07, 6.45) is -0.911. The molecule has 1 fully saturated rings. The highest BCUT2D eigenvalue weighted by atomic mass is 19.4. The summed E-state index contributed by atoms with van der Waals surface area (Å²) < 4.78 is 40.1. The third-order valence-corrected chi connectivity index (χ3v) is 4.65. The molecule has 0 unspecified atom stereocenters. The Morgan fingerprint density at radius 1 is 1.35 bits per heavy atom. The summed E-state index contributed by atoms with van der Waals surface area (Å²) in [6.45, 7) is 1.93. The Morgan fingerprint density at radius 2 is 2.08 bits per heavy atom. The number of aliphatic carboxylic acids is 1. The molecule has 0 radical (unpaired) electrons. The summed E-state index contributed by atoms with van der Waals surface area (Å²) in [5, 5.41) is 12.1. The maximum Gasteiger partial charge on any atom is 0.417 e. The molecule has 2 heterocycles. The summed E-state index contributed by atoms with van der Waals surface area (Å²) in [7, 11) is 0. The number of halogens is 3. The molecule has 26 heavy (non-hydrogen) atoms. The fourth-order valence-electron chi connectivity index (χ4n) is 3.46. The van der Waals surface area contributed by atoms with Crippen molar-refractivity contribution < 1.29 is 23.1 Å². The van der Waals surface area contributed by atoms with E-state index in [1.165, 1.54) is 18.2 Å². The lowest BCUT2D eigenvalue weighted by Gasteiger charge is -2.28. The van der Waals surface area contributed by atoms with Crippen molar-refractivity contribution in [2.45, 2.75) is 37.5 Å². The number of hydrogen-bond acceptors (Lipinski definition) is 3. The van der Waals surface area contributed by atoms with E-state index in [1.54, 1.807) is 6.07 Å². The Kier molecular flexibility index (Phi) is 4.39. The van der Waals surface area contributed by atoms with Gasteiger partial charge in [0.2, 0.25) is 5.56 Å². The van der Waals surface area contributed by atoms with Gasteiger partial charge in [0.15, 0.2) is 0 Å². The Labute approximate surface area is 146 Å². The summed E-state index contributed by atoms with van der Waals surface area (Å²) >= 11 is 0. The highest BCUT2D eigenvalue weighted by Gasteiger charge is 2.38. The van der Waals surface area contributed by atoms with Gasteiger partial charge in [-0.2, -0.15) is 13.2 Å². The fourth-order valence-corrected chi connectivity index (χ4v) is 3.46. The first-order valence-electron chi connectivity index (χ1n) is 8.05. The Balaban J connectivity index is 2.22. The van der Waals surface area contributed by atoms with Crippen LogP contribution in [0.25, 0.3) is 10.9 Å². The number of aromatic amines is 1. The molecular weight excluding hydrogens is 349 g/mol. The number of alkyl halides is 3. The highest BCUT2D eigenvalue weighted by Crippen LogP contribution is 2.39. The zero-order valence-corrected chi connectivity index (χ0v) is 13.9. The summed E-state index contributed by atoms with van der Waals surface area (Å²) in [5.74, 6) is -1.13. The first-order chi connectivity index (χ1) is 12.1. The molecule has 138 valence electrons. The Bertz CT molecular complexity index is 949. The van der Waals surface area contributed by atoms with Gasteiger partial charge in [0.05, 0.1) is 11.1 Å². The molecule has 0 bridgehead atoms. The van der Waals surface area contributed by atoms with Crippen molar-refractivity contribution in [2.24, 2.45) is 0 Å². The van der Waals surface area contributed by atoms with Crippen LogP contribution in [0.1, 0.15) is 30.9 Å². The number of H-pyrrole nitrogens is 1. The van der Waals surface area contributed by atoms with Crippen LogP contribution in [0, 0.1) is 0 Å². The van der Waals surface area contributed by atoms with Crippen molar-refractivity contribution >= 4 is 16.9 Å². The van der Waals surface area contributed by atoms with Crippen molar-refractivity contribution in [3.63, 3.8) is 0 Å². The van der Waals surface area contributed by atoms with E-state index in [1.807, 2.05) is 6.92 Å². The average Bonchev–Trinajstić information content (AvgIpc) is 2.93. The van der Waals surface area contributed by atoms with Gasteiger partial charge in [0, 0.05) is 29.1 Å². The number of pyridine rings is 1. The maximum atomic E-state index is 13.4. The molecule has 0 spiro atoms. The molecule has 3 N–H and O–H groups in total. The van der Waals surface area contributed by atoms with Crippen molar-refractivity contribution in [3.05, 3.63) is 57.9 Å². The molecule has 0 aliphatic carbocycles. The van der Waals surface area contributed by atoms with Gasteiger partial charge in [-0.3, -0.25) is 4.79 Å². The van der Waals surface area contributed by atoms with Gasteiger partial charge in [-0.15, -0.1) is 0 Å². The lowest BCUT2D eigenvalue weighted by atomic mass is 9.86. The van der Waals surface area contributed by atoms with Crippen LogP contribution in [0.4, 0.5) is 13.2 Å². The van der Waals surface area contributed by atoms with Crippen LogP contribution in [0.2, 0.25) is 0 Å². The zero-order valence-electron chi connectivity index (χ0n) is 13.9. The van der Waals surface area contributed by atoms with Crippen LogP contribution in [-0.4, -0.2) is 22.1 Å². The molecule has 0 saturated carbocycles. The minimum absolute atomic E-state index is 0.0805. The average molecular weight is 366 g/mol. The highest BCUT2D eigenvalue weighted by molar-refractivity contribution is 5.84.